The minimum atomic E-state index is -0.192. The topological polar surface area (TPSA) is 106 Å². The number of pyridine rings is 1. The Labute approximate surface area is 218 Å². The van der Waals surface area contributed by atoms with E-state index in [4.69, 9.17) is 11.5 Å². The SMILES string of the molecule is Cc1cc2cc(C(=O)N(Cc3ccc(N4CCC(C(N)=O)CC4)cc3)CC(C)C3CC3)ccc2nc1N. The van der Waals surface area contributed by atoms with Gasteiger partial charge in [0, 0.05) is 48.7 Å². The van der Waals surface area contributed by atoms with Gasteiger partial charge in [-0.05, 0) is 92.0 Å². The standard InChI is InChI=1S/C30H37N5O2/c1-19-15-25-16-24(7-10-27(25)33-28(19)31)30(37)35(17-20(2)22-5-6-22)18-21-3-8-26(9-4-21)34-13-11-23(12-14-34)29(32)36/h3-4,7-10,15-16,20,22-23H,5-6,11-14,17-18H2,1-2H3,(H2,31,33)(H2,32,36). The Morgan fingerprint density at radius 3 is 2.41 bits per heavy atom. The van der Waals surface area contributed by atoms with Gasteiger partial charge in [-0.25, -0.2) is 4.98 Å². The first kappa shape index (κ1) is 25.1. The third-order valence-corrected chi connectivity index (χ3v) is 8.09. The zero-order chi connectivity index (χ0) is 26.1. The average molecular weight is 500 g/mol. The van der Waals surface area contributed by atoms with Gasteiger partial charge >= 0.3 is 0 Å². The maximum absolute atomic E-state index is 13.8. The number of anilines is 2. The van der Waals surface area contributed by atoms with Gasteiger partial charge in [-0.15, -0.1) is 0 Å². The zero-order valence-corrected chi connectivity index (χ0v) is 21.8. The molecule has 1 aliphatic carbocycles. The first-order valence-corrected chi connectivity index (χ1v) is 13.4. The number of carbonyl (C=O) groups excluding carboxylic acids is 2. The summed E-state index contributed by atoms with van der Waals surface area (Å²) in [5.41, 5.74) is 16.1. The van der Waals surface area contributed by atoms with Gasteiger partial charge in [0.1, 0.15) is 5.82 Å². The molecule has 1 saturated carbocycles. The lowest BCUT2D eigenvalue weighted by Crippen LogP contribution is -2.38. The quantitative estimate of drug-likeness (QED) is 0.474. The molecule has 4 N–H and O–H groups in total. The Hall–Kier alpha value is -3.61. The molecule has 1 saturated heterocycles. The highest BCUT2D eigenvalue weighted by Gasteiger charge is 2.31. The number of nitrogens with two attached hydrogens (primary N) is 2. The van der Waals surface area contributed by atoms with E-state index in [0.717, 1.165) is 60.2 Å². The number of aryl methyl sites for hydroxylation is 1. The highest BCUT2D eigenvalue weighted by Crippen LogP contribution is 2.37. The molecule has 5 rings (SSSR count). The van der Waals surface area contributed by atoms with Crippen LogP contribution < -0.4 is 16.4 Å². The fraction of sp³-hybridized carbons (Fsp3) is 0.433. The maximum Gasteiger partial charge on any atom is 0.254 e. The van der Waals surface area contributed by atoms with Gasteiger partial charge in [0.2, 0.25) is 5.91 Å². The molecule has 2 aliphatic rings. The highest BCUT2D eigenvalue weighted by molar-refractivity contribution is 5.98. The summed E-state index contributed by atoms with van der Waals surface area (Å²) in [7, 11) is 0. The molecule has 2 fully saturated rings. The Balaban J connectivity index is 1.33. The van der Waals surface area contributed by atoms with Crippen molar-refractivity contribution < 1.29 is 9.59 Å². The lowest BCUT2D eigenvalue weighted by atomic mass is 9.96. The van der Waals surface area contributed by atoms with Crippen LogP contribution in [0.5, 0.6) is 0 Å². The van der Waals surface area contributed by atoms with E-state index in [9.17, 15) is 9.59 Å². The average Bonchev–Trinajstić information content (AvgIpc) is 3.75. The van der Waals surface area contributed by atoms with Crippen LogP contribution >= 0.6 is 0 Å². The van der Waals surface area contributed by atoms with Crippen LogP contribution in [0.4, 0.5) is 11.5 Å². The second-order valence-corrected chi connectivity index (χ2v) is 10.9. The lowest BCUT2D eigenvalue weighted by molar-refractivity contribution is -0.122. The minimum Gasteiger partial charge on any atom is -0.383 e. The summed E-state index contributed by atoms with van der Waals surface area (Å²) in [5.74, 6) is 1.54. The molecule has 2 heterocycles. The maximum atomic E-state index is 13.8. The number of primary amides is 1. The van der Waals surface area contributed by atoms with Crippen molar-refractivity contribution in [3.8, 4) is 0 Å². The van der Waals surface area contributed by atoms with E-state index in [1.165, 1.54) is 12.8 Å². The van der Waals surface area contributed by atoms with Gasteiger partial charge in [-0.3, -0.25) is 9.59 Å². The summed E-state index contributed by atoms with van der Waals surface area (Å²) >= 11 is 0. The van der Waals surface area contributed by atoms with Crippen LogP contribution in [0.15, 0.2) is 48.5 Å². The van der Waals surface area contributed by atoms with Crippen LogP contribution in [0.2, 0.25) is 0 Å². The largest absolute Gasteiger partial charge is 0.383 e. The van der Waals surface area contributed by atoms with Crippen molar-refractivity contribution in [3.63, 3.8) is 0 Å². The second-order valence-electron chi connectivity index (χ2n) is 10.9. The number of nitrogen functional groups attached to an aromatic ring is 1. The molecular weight excluding hydrogens is 462 g/mol. The third-order valence-electron chi connectivity index (χ3n) is 8.09. The predicted octanol–water partition coefficient (Wildman–Crippen LogP) is 4.52. The molecule has 0 spiro atoms. The van der Waals surface area contributed by atoms with E-state index in [1.807, 2.05) is 36.1 Å². The van der Waals surface area contributed by atoms with Crippen LogP contribution in [0, 0.1) is 24.7 Å². The van der Waals surface area contributed by atoms with Gasteiger partial charge in [0.05, 0.1) is 5.52 Å². The van der Waals surface area contributed by atoms with Crippen LogP contribution in [0.25, 0.3) is 10.9 Å². The second kappa shape index (κ2) is 10.4. The van der Waals surface area contributed by atoms with Gasteiger partial charge in [-0.1, -0.05) is 19.1 Å². The monoisotopic (exact) mass is 499 g/mol. The molecule has 1 aromatic heterocycles. The number of fused-ring (bicyclic) bond motifs is 1. The fourth-order valence-electron chi connectivity index (χ4n) is 5.45. The molecule has 194 valence electrons. The molecule has 1 atom stereocenters. The van der Waals surface area contributed by atoms with E-state index in [-0.39, 0.29) is 17.7 Å². The van der Waals surface area contributed by atoms with E-state index < -0.39 is 0 Å². The van der Waals surface area contributed by atoms with Crippen LogP contribution in [0.3, 0.4) is 0 Å². The van der Waals surface area contributed by atoms with Crippen molar-refractivity contribution in [1.29, 1.82) is 0 Å². The van der Waals surface area contributed by atoms with Gasteiger partial charge < -0.3 is 21.3 Å². The smallest absolute Gasteiger partial charge is 0.254 e. The van der Waals surface area contributed by atoms with E-state index in [2.05, 4.69) is 41.1 Å². The van der Waals surface area contributed by atoms with Gasteiger partial charge in [-0.2, -0.15) is 0 Å². The molecule has 0 radical (unpaired) electrons. The van der Waals surface area contributed by atoms with Gasteiger partial charge in [0.15, 0.2) is 0 Å². The van der Waals surface area contributed by atoms with E-state index in [0.29, 0.717) is 29.8 Å². The first-order valence-electron chi connectivity index (χ1n) is 13.4. The first-order chi connectivity index (χ1) is 17.8. The molecule has 2 amide bonds. The summed E-state index contributed by atoms with van der Waals surface area (Å²) in [4.78, 5) is 34.0. The molecule has 37 heavy (non-hydrogen) atoms. The van der Waals surface area contributed by atoms with Crippen molar-refractivity contribution in [3.05, 3.63) is 65.2 Å². The van der Waals surface area contributed by atoms with Crippen molar-refractivity contribution in [1.82, 2.24) is 9.88 Å². The molecule has 2 aromatic carbocycles. The number of nitrogens with zero attached hydrogens (tertiary/aromatic N) is 3. The summed E-state index contributed by atoms with van der Waals surface area (Å²) in [6.07, 6.45) is 4.11. The summed E-state index contributed by atoms with van der Waals surface area (Å²) < 4.78 is 0. The number of benzene rings is 2. The number of hydrogen-bond acceptors (Lipinski definition) is 5. The zero-order valence-electron chi connectivity index (χ0n) is 21.8. The highest BCUT2D eigenvalue weighted by atomic mass is 16.2. The van der Waals surface area contributed by atoms with Crippen molar-refractivity contribution in [2.24, 2.45) is 23.5 Å². The van der Waals surface area contributed by atoms with Gasteiger partial charge in [0.25, 0.3) is 5.91 Å². The number of aromatic nitrogens is 1. The van der Waals surface area contributed by atoms with Crippen molar-refractivity contribution in [2.75, 3.05) is 30.3 Å². The molecular formula is C30H37N5O2. The summed E-state index contributed by atoms with van der Waals surface area (Å²) in [6, 6.07) is 16.2. The number of hydrogen-bond donors (Lipinski definition) is 2. The van der Waals surface area contributed by atoms with Crippen LogP contribution in [0.1, 0.15) is 54.1 Å². The Morgan fingerprint density at radius 1 is 1.05 bits per heavy atom. The predicted molar refractivity (Wildman–Crippen MR) is 148 cm³/mol. The minimum absolute atomic E-state index is 0.0179. The van der Waals surface area contributed by atoms with Crippen molar-refractivity contribution >= 4 is 34.2 Å². The molecule has 1 aliphatic heterocycles. The van der Waals surface area contributed by atoms with Crippen LogP contribution in [-0.2, 0) is 11.3 Å². The molecule has 7 nitrogen and oxygen atoms in total. The molecule has 1 unspecified atom stereocenters. The molecule has 0 bridgehead atoms. The van der Waals surface area contributed by atoms with E-state index >= 15 is 0 Å². The number of carbonyl (C=O) groups is 2. The van der Waals surface area contributed by atoms with E-state index in [1.54, 1.807) is 0 Å². The Morgan fingerprint density at radius 2 is 1.76 bits per heavy atom. The third kappa shape index (κ3) is 5.71. The number of amides is 2. The Bertz CT molecular complexity index is 1290. The molecule has 7 heteroatoms. The fourth-order valence-corrected chi connectivity index (χ4v) is 5.45. The van der Waals surface area contributed by atoms with Crippen molar-refractivity contribution in [2.45, 2.75) is 46.1 Å². The number of rotatable bonds is 8. The summed E-state index contributed by atoms with van der Waals surface area (Å²) in [6.45, 7) is 7.16. The summed E-state index contributed by atoms with van der Waals surface area (Å²) in [5, 5.41) is 0.928. The normalized spacial score (nSPS) is 17.1. The van der Waals surface area contributed by atoms with Crippen LogP contribution in [-0.4, -0.2) is 41.3 Å². The Kier molecular flexibility index (Phi) is 7.04. The number of piperidine rings is 1. The lowest BCUT2D eigenvalue weighted by Gasteiger charge is -2.32. The molecule has 3 aromatic rings.